The van der Waals surface area contributed by atoms with Crippen molar-refractivity contribution in [3.63, 3.8) is 0 Å². The van der Waals surface area contributed by atoms with Crippen LogP contribution < -0.4 is 5.32 Å². The van der Waals surface area contributed by atoms with Gasteiger partial charge in [-0.05, 0) is 33.6 Å². The zero-order valence-corrected chi connectivity index (χ0v) is 18.2. The molecule has 4 rings (SSSR count). The van der Waals surface area contributed by atoms with Crippen molar-refractivity contribution in [3.05, 3.63) is 69.8 Å². The summed E-state index contributed by atoms with van der Waals surface area (Å²) in [4.78, 5) is 31.1. The monoisotopic (exact) mass is 499 g/mol. The molecule has 0 atom stereocenters. The van der Waals surface area contributed by atoms with Gasteiger partial charge in [0.1, 0.15) is 6.54 Å². The average molecular weight is 501 g/mol. The van der Waals surface area contributed by atoms with E-state index < -0.39 is 18.4 Å². The summed E-state index contributed by atoms with van der Waals surface area (Å²) in [5.41, 5.74) is 2.89. The summed E-state index contributed by atoms with van der Waals surface area (Å²) in [6.07, 6.45) is 0. The number of nitrogens with one attached hydrogen (secondary N) is 2. The number of benzene rings is 2. The molecule has 0 spiro atoms. The van der Waals surface area contributed by atoms with E-state index in [9.17, 15) is 14.7 Å². The maximum Gasteiger partial charge on any atom is 0.322 e. The van der Waals surface area contributed by atoms with Gasteiger partial charge in [0.2, 0.25) is 0 Å². The zero-order valence-electron chi connectivity index (χ0n) is 15.8. The number of fused-ring (bicyclic) bond motifs is 1. The molecule has 0 aliphatic carbocycles. The number of carboxylic acid groups (broad SMARTS) is 1. The molecule has 4 aromatic rings. The molecule has 1 amide bonds. The third-order valence-corrected chi connectivity index (χ3v) is 5.70. The maximum atomic E-state index is 12.6. The van der Waals surface area contributed by atoms with Gasteiger partial charge in [0.25, 0.3) is 5.91 Å². The summed E-state index contributed by atoms with van der Waals surface area (Å²) in [5, 5.41) is 22.9. The molecule has 0 saturated heterocycles. The number of carbonyl (C=O) groups is 2. The number of pyridine rings is 1. The number of aromatic nitrogens is 2. The second-order valence-electron chi connectivity index (χ2n) is 6.67. The minimum Gasteiger partial charge on any atom is -0.505 e. The van der Waals surface area contributed by atoms with Crippen LogP contribution in [0.25, 0.3) is 33.4 Å². The lowest BCUT2D eigenvalue weighted by Crippen LogP contribution is -2.30. The molecule has 0 aliphatic rings. The molecule has 9 heteroatoms. The molecule has 4 N–H and O–H groups in total. The third kappa shape index (κ3) is 3.99. The topological polar surface area (TPSA) is 115 Å². The van der Waals surface area contributed by atoms with Crippen LogP contribution in [0.3, 0.4) is 0 Å². The molecule has 0 bridgehead atoms. The van der Waals surface area contributed by atoms with Crippen molar-refractivity contribution in [1.82, 2.24) is 15.3 Å². The summed E-state index contributed by atoms with van der Waals surface area (Å²) < 4.78 is 0.536. The van der Waals surface area contributed by atoms with E-state index in [2.05, 4.69) is 31.2 Å². The van der Waals surface area contributed by atoms with Crippen LogP contribution in [0.2, 0.25) is 5.02 Å². The molecule has 2 heterocycles. The number of carbonyl (C=O) groups excluding carboxylic acids is 1. The quantitative estimate of drug-likeness (QED) is 0.313. The summed E-state index contributed by atoms with van der Waals surface area (Å²) in [6, 6.07) is 16.3. The first-order chi connectivity index (χ1) is 14.9. The van der Waals surface area contributed by atoms with Gasteiger partial charge in [-0.2, -0.15) is 0 Å². The number of aliphatic carboxylic acids is 1. The normalized spacial score (nSPS) is 10.9. The molecule has 0 unspecified atom stereocenters. The Labute approximate surface area is 189 Å². The molecular weight excluding hydrogens is 486 g/mol. The standard InChI is InChI=1S/C22H15BrClN3O4/c23-16-15-19(26-17(16)12-6-8-13(24)9-7-12)18(11-4-2-1-3-5-11)27-20(21(15)30)22(31)25-10-14(28)29/h1-9,26,30H,10H2,(H,25,31)(H,28,29). The van der Waals surface area contributed by atoms with Crippen LogP contribution in [0, 0.1) is 0 Å². The number of rotatable bonds is 5. The summed E-state index contributed by atoms with van der Waals surface area (Å²) in [6.45, 7) is -0.594. The van der Waals surface area contributed by atoms with Gasteiger partial charge in [0.05, 0.1) is 26.8 Å². The largest absolute Gasteiger partial charge is 0.505 e. The lowest BCUT2D eigenvalue weighted by atomic mass is 10.1. The van der Waals surface area contributed by atoms with E-state index in [0.29, 0.717) is 31.8 Å². The zero-order chi connectivity index (χ0) is 22.1. The second-order valence-corrected chi connectivity index (χ2v) is 7.90. The second kappa shape index (κ2) is 8.41. The Morgan fingerprint density at radius 1 is 1.06 bits per heavy atom. The number of aromatic amines is 1. The first-order valence-corrected chi connectivity index (χ1v) is 10.3. The van der Waals surface area contributed by atoms with Crippen LogP contribution in [0.5, 0.6) is 5.75 Å². The Balaban J connectivity index is 1.98. The molecule has 31 heavy (non-hydrogen) atoms. The van der Waals surface area contributed by atoms with Crippen molar-refractivity contribution < 1.29 is 19.8 Å². The Morgan fingerprint density at radius 2 is 1.74 bits per heavy atom. The predicted molar refractivity (Wildman–Crippen MR) is 121 cm³/mol. The third-order valence-electron chi connectivity index (χ3n) is 4.66. The van der Waals surface area contributed by atoms with Crippen LogP contribution in [0.1, 0.15) is 10.5 Å². The highest BCUT2D eigenvalue weighted by molar-refractivity contribution is 9.10. The Bertz CT molecular complexity index is 1300. The summed E-state index contributed by atoms with van der Waals surface area (Å²) in [5.74, 6) is -2.36. The van der Waals surface area contributed by atoms with Gasteiger partial charge in [-0.25, -0.2) is 4.98 Å². The Morgan fingerprint density at radius 3 is 2.39 bits per heavy atom. The minimum atomic E-state index is -1.20. The summed E-state index contributed by atoms with van der Waals surface area (Å²) >= 11 is 9.53. The molecule has 0 fully saturated rings. The molecule has 7 nitrogen and oxygen atoms in total. The molecular formula is C22H15BrClN3O4. The van der Waals surface area contributed by atoms with Gasteiger partial charge in [0, 0.05) is 10.6 Å². The average Bonchev–Trinajstić information content (AvgIpc) is 3.11. The Kier molecular flexibility index (Phi) is 5.67. The number of amides is 1. The van der Waals surface area contributed by atoms with Gasteiger partial charge >= 0.3 is 5.97 Å². The molecule has 0 radical (unpaired) electrons. The van der Waals surface area contributed by atoms with Crippen molar-refractivity contribution >= 4 is 50.3 Å². The van der Waals surface area contributed by atoms with Crippen LogP contribution in [0.15, 0.2) is 59.1 Å². The fraction of sp³-hybridized carbons (Fsp3) is 0.0455. The first kappa shape index (κ1) is 20.9. The van der Waals surface area contributed by atoms with Crippen LogP contribution in [0.4, 0.5) is 0 Å². The van der Waals surface area contributed by atoms with Crippen LogP contribution >= 0.6 is 27.5 Å². The lowest BCUT2D eigenvalue weighted by molar-refractivity contribution is -0.135. The lowest BCUT2D eigenvalue weighted by Gasteiger charge is -2.10. The highest BCUT2D eigenvalue weighted by Crippen LogP contribution is 2.43. The van der Waals surface area contributed by atoms with E-state index in [1.165, 1.54) is 0 Å². The van der Waals surface area contributed by atoms with Gasteiger partial charge in [-0.15, -0.1) is 0 Å². The molecule has 2 aromatic heterocycles. The van der Waals surface area contributed by atoms with E-state index in [-0.39, 0.29) is 11.4 Å². The van der Waals surface area contributed by atoms with E-state index in [1.807, 2.05) is 42.5 Å². The van der Waals surface area contributed by atoms with Crippen LogP contribution in [-0.4, -0.2) is 38.6 Å². The van der Waals surface area contributed by atoms with Gasteiger partial charge in [0.15, 0.2) is 11.4 Å². The highest BCUT2D eigenvalue weighted by atomic mass is 79.9. The van der Waals surface area contributed by atoms with E-state index >= 15 is 0 Å². The molecule has 0 aliphatic heterocycles. The number of aromatic hydroxyl groups is 1. The summed E-state index contributed by atoms with van der Waals surface area (Å²) in [7, 11) is 0. The van der Waals surface area contributed by atoms with Crippen LogP contribution in [-0.2, 0) is 4.79 Å². The van der Waals surface area contributed by atoms with Crippen molar-refractivity contribution in [2.45, 2.75) is 0 Å². The molecule has 0 saturated carbocycles. The van der Waals surface area contributed by atoms with Gasteiger partial charge in [-0.1, -0.05) is 54.1 Å². The number of hydrogen-bond donors (Lipinski definition) is 4. The smallest absolute Gasteiger partial charge is 0.322 e. The fourth-order valence-corrected chi connectivity index (χ4v) is 4.07. The van der Waals surface area contributed by atoms with Crippen molar-refractivity contribution in [3.8, 4) is 28.3 Å². The van der Waals surface area contributed by atoms with Gasteiger partial charge < -0.3 is 20.5 Å². The Hall–Kier alpha value is -3.36. The van der Waals surface area contributed by atoms with Gasteiger partial charge in [-0.3, -0.25) is 9.59 Å². The van der Waals surface area contributed by atoms with E-state index in [0.717, 1.165) is 11.1 Å². The number of nitrogens with zero attached hydrogens (tertiary/aromatic N) is 1. The number of hydrogen-bond acceptors (Lipinski definition) is 4. The number of halogens is 2. The van der Waals surface area contributed by atoms with Crippen molar-refractivity contribution in [2.24, 2.45) is 0 Å². The number of H-pyrrole nitrogens is 1. The molecule has 2 aromatic carbocycles. The van der Waals surface area contributed by atoms with E-state index in [4.69, 9.17) is 16.7 Å². The van der Waals surface area contributed by atoms with Crippen molar-refractivity contribution in [1.29, 1.82) is 0 Å². The SMILES string of the molecule is O=C(O)CNC(=O)c1nc(-c2ccccc2)c2[nH]c(-c3ccc(Cl)cc3)c(Br)c2c1O. The van der Waals surface area contributed by atoms with Crippen molar-refractivity contribution in [2.75, 3.05) is 6.54 Å². The van der Waals surface area contributed by atoms with E-state index in [1.54, 1.807) is 12.1 Å². The minimum absolute atomic E-state index is 0.269. The predicted octanol–water partition coefficient (Wildman–Crippen LogP) is 4.83. The molecule has 156 valence electrons. The highest BCUT2D eigenvalue weighted by Gasteiger charge is 2.25. The fourth-order valence-electron chi connectivity index (χ4n) is 3.23. The first-order valence-electron chi connectivity index (χ1n) is 9.12. The number of carboxylic acids is 1. The maximum absolute atomic E-state index is 12.6.